The van der Waals surface area contributed by atoms with Crippen LogP contribution in [0.3, 0.4) is 0 Å². The summed E-state index contributed by atoms with van der Waals surface area (Å²) in [6.45, 7) is 2.11. The van der Waals surface area contributed by atoms with Crippen molar-refractivity contribution in [3.05, 3.63) is 94.8 Å². The molecule has 1 N–H and O–H groups in total. The molecule has 0 unspecified atom stereocenters. The van der Waals surface area contributed by atoms with E-state index in [-0.39, 0.29) is 18.4 Å². The maximum absolute atomic E-state index is 13.3. The molecule has 1 saturated heterocycles. The first-order valence-corrected chi connectivity index (χ1v) is 11.4. The van der Waals surface area contributed by atoms with Crippen LogP contribution in [0.2, 0.25) is 5.02 Å². The molecule has 0 aliphatic carbocycles. The van der Waals surface area contributed by atoms with Crippen LogP contribution >= 0.6 is 11.6 Å². The maximum Gasteiger partial charge on any atom is 0.257 e. The second-order valence-corrected chi connectivity index (χ2v) is 8.50. The number of ether oxygens (including phenoxy) is 1. The summed E-state index contributed by atoms with van der Waals surface area (Å²) < 4.78 is 5.96. The number of hydrogen-bond donors (Lipinski definition) is 1. The third kappa shape index (κ3) is 4.47. The molecule has 1 aromatic heterocycles. The lowest BCUT2D eigenvalue weighted by Crippen LogP contribution is -2.50. The van der Waals surface area contributed by atoms with Crippen LogP contribution in [0.1, 0.15) is 26.3 Å². The maximum atomic E-state index is 13.3. The van der Waals surface area contributed by atoms with Gasteiger partial charge in [0, 0.05) is 42.3 Å². The molecule has 4 aromatic rings. The average molecular weight is 475 g/mol. The molecule has 0 spiro atoms. The van der Waals surface area contributed by atoms with Crippen LogP contribution in [-0.2, 0) is 6.61 Å². The summed E-state index contributed by atoms with van der Waals surface area (Å²) in [5, 5.41) is 0.624. The van der Waals surface area contributed by atoms with Crippen molar-refractivity contribution in [3.8, 4) is 5.75 Å². The molecule has 34 heavy (non-hydrogen) atoms. The number of rotatable bonds is 5. The van der Waals surface area contributed by atoms with Crippen LogP contribution in [0, 0.1) is 0 Å². The van der Waals surface area contributed by atoms with Crippen molar-refractivity contribution < 1.29 is 14.3 Å². The molecule has 8 heteroatoms. The highest BCUT2D eigenvalue weighted by Gasteiger charge is 2.27. The zero-order valence-corrected chi connectivity index (χ0v) is 19.2. The van der Waals surface area contributed by atoms with Crippen molar-refractivity contribution in [3.63, 3.8) is 0 Å². The van der Waals surface area contributed by atoms with E-state index in [0.717, 1.165) is 16.6 Å². The number of piperazine rings is 1. The molecule has 172 valence electrons. The number of benzene rings is 3. The first kappa shape index (κ1) is 22.0. The minimum Gasteiger partial charge on any atom is -0.488 e. The van der Waals surface area contributed by atoms with Gasteiger partial charge < -0.3 is 19.5 Å². The third-order valence-corrected chi connectivity index (χ3v) is 6.35. The Hall–Kier alpha value is -3.84. The van der Waals surface area contributed by atoms with E-state index in [1.807, 2.05) is 48.5 Å². The van der Waals surface area contributed by atoms with Crippen LogP contribution in [0.5, 0.6) is 5.75 Å². The molecule has 2 amide bonds. The first-order valence-electron chi connectivity index (χ1n) is 11.1. The summed E-state index contributed by atoms with van der Waals surface area (Å²) in [5.41, 5.74) is 3.61. The van der Waals surface area contributed by atoms with Gasteiger partial charge in [0.05, 0.1) is 22.9 Å². The predicted octanol–water partition coefficient (Wildman–Crippen LogP) is 4.39. The van der Waals surface area contributed by atoms with Crippen LogP contribution < -0.4 is 4.74 Å². The zero-order chi connectivity index (χ0) is 23.5. The van der Waals surface area contributed by atoms with E-state index in [1.165, 1.54) is 0 Å². The van der Waals surface area contributed by atoms with Crippen molar-refractivity contribution >= 4 is 34.4 Å². The van der Waals surface area contributed by atoms with Crippen molar-refractivity contribution in [1.29, 1.82) is 0 Å². The number of carbonyl (C=O) groups excluding carboxylic acids is 2. The quantitative estimate of drug-likeness (QED) is 0.465. The number of fused-ring (bicyclic) bond motifs is 1. The molecule has 0 saturated carbocycles. The number of amides is 2. The highest BCUT2D eigenvalue weighted by atomic mass is 35.5. The molecule has 3 aromatic carbocycles. The molecule has 1 aliphatic rings. The molecule has 5 rings (SSSR count). The Bertz CT molecular complexity index is 1340. The lowest BCUT2D eigenvalue weighted by Gasteiger charge is -2.35. The SMILES string of the molecule is O=C(c1ccc2nc[nH]c2c1)N1CCN(C(=O)c2ccccc2OCc2ccccc2Cl)CC1. The van der Waals surface area contributed by atoms with Crippen LogP contribution in [0.4, 0.5) is 0 Å². The van der Waals surface area contributed by atoms with Crippen LogP contribution in [-0.4, -0.2) is 57.8 Å². The standard InChI is InChI=1S/C26H23ClN4O3/c27-21-7-3-1-5-19(21)16-34-24-8-4-2-6-20(24)26(33)31-13-11-30(12-14-31)25(32)18-9-10-22-23(15-18)29-17-28-22/h1-10,15,17H,11-14,16H2,(H,28,29). The van der Waals surface area contributed by atoms with Gasteiger partial charge in [-0.05, 0) is 36.4 Å². The van der Waals surface area contributed by atoms with Crippen molar-refractivity contribution in [1.82, 2.24) is 19.8 Å². The summed E-state index contributed by atoms with van der Waals surface area (Å²) in [6, 6.07) is 20.1. The minimum absolute atomic E-state index is 0.0490. The highest BCUT2D eigenvalue weighted by molar-refractivity contribution is 6.31. The Balaban J connectivity index is 1.23. The number of para-hydroxylation sites is 1. The number of nitrogens with zero attached hydrogens (tertiary/aromatic N) is 3. The number of aromatic amines is 1. The Labute approximate surface area is 201 Å². The largest absolute Gasteiger partial charge is 0.488 e. The topological polar surface area (TPSA) is 78.5 Å². The van der Waals surface area contributed by atoms with Gasteiger partial charge in [-0.1, -0.05) is 41.9 Å². The monoisotopic (exact) mass is 474 g/mol. The number of H-pyrrole nitrogens is 1. The van der Waals surface area contributed by atoms with Gasteiger partial charge in [-0.25, -0.2) is 4.98 Å². The normalized spacial score (nSPS) is 13.8. The van der Waals surface area contributed by atoms with E-state index in [0.29, 0.717) is 48.1 Å². The van der Waals surface area contributed by atoms with Crippen molar-refractivity contribution in [2.75, 3.05) is 26.2 Å². The molecular weight excluding hydrogens is 452 g/mol. The molecule has 7 nitrogen and oxygen atoms in total. The van der Waals surface area contributed by atoms with Gasteiger partial charge in [-0.2, -0.15) is 0 Å². The van der Waals surface area contributed by atoms with Gasteiger partial charge in [0.25, 0.3) is 11.8 Å². The van der Waals surface area contributed by atoms with Gasteiger partial charge in [0.1, 0.15) is 12.4 Å². The van der Waals surface area contributed by atoms with Crippen LogP contribution in [0.25, 0.3) is 11.0 Å². The first-order chi connectivity index (χ1) is 16.6. The van der Waals surface area contributed by atoms with E-state index in [2.05, 4.69) is 9.97 Å². The molecule has 0 atom stereocenters. The third-order valence-electron chi connectivity index (χ3n) is 5.98. The van der Waals surface area contributed by atoms with Gasteiger partial charge in [-0.3, -0.25) is 9.59 Å². The van der Waals surface area contributed by atoms with E-state index in [4.69, 9.17) is 16.3 Å². The number of aromatic nitrogens is 2. The minimum atomic E-state index is -0.110. The van der Waals surface area contributed by atoms with Crippen molar-refractivity contribution in [2.45, 2.75) is 6.61 Å². The van der Waals surface area contributed by atoms with E-state index in [1.54, 1.807) is 34.3 Å². The molecule has 2 heterocycles. The fourth-order valence-electron chi connectivity index (χ4n) is 4.07. The smallest absolute Gasteiger partial charge is 0.257 e. The summed E-state index contributed by atoms with van der Waals surface area (Å²) in [6.07, 6.45) is 1.61. The highest BCUT2D eigenvalue weighted by Crippen LogP contribution is 2.24. The number of carbonyl (C=O) groups is 2. The van der Waals surface area contributed by atoms with E-state index >= 15 is 0 Å². The van der Waals surface area contributed by atoms with Crippen molar-refractivity contribution in [2.24, 2.45) is 0 Å². The lowest BCUT2D eigenvalue weighted by molar-refractivity contribution is 0.0533. The Kier molecular flexibility index (Phi) is 6.18. The van der Waals surface area contributed by atoms with E-state index in [9.17, 15) is 9.59 Å². The predicted molar refractivity (Wildman–Crippen MR) is 130 cm³/mol. The summed E-state index contributed by atoms with van der Waals surface area (Å²) in [5.74, 6) is 0.353. The Morgan fingerprint density at radius 3 is 2.41 bits per heavy atom. The summed E-state index contributed by atoms with van der Waals surface area (Å²) in [4.78, 5) is 37.0. The molecule has 1 aliphatic heterocycles. The van der Waals surface area contributed by atoms with Gasteiger partial charge in [-0.15, -0.1) is 0 Å². The van der Waals surface area contributed by atoms with Gasteiger partial charge in [0.2, 0.25) is 0 Å². The van der Waals surface area contributed by atoms with Gasteiger partial charge in [0.15, 0.2) is 0 Å². The fraction of sp³-hybridized carbons (Fsp3) is 0.192. The molecule has 1 fully saturated rings. The molecule has 0 bridgehead atoms. The number of imidazole rings is 1. The second-order valence-electron chi connectivity index (χ2n) is 8.10. The number of halogens is 1. The average Bonchev–Trinajstić information content (AvgIpc) is 3.36. The van der Waals surface area contributed by atoms with Crippen LogP contribution in [0.15, 0.2) is 73.1 Å². The Morgan fingerprint density at radius 1 is 0.912 bits per heavy atom. The zero-order valence-electron chi connectivity index (χ0n) is 18.4. The van der Waals surface area contributed by atoms with E-state index < -0.39 is 0 Å². The Morgan fingerprint density at radius 2 is 1.62 bits per heavy atom. The summed E-state index contributed by atoms with van der Waals surface area (Å²) in [7, 11) is 0. The molecular formula is C26H23ClN4O3. The lowest BCUT2D eigenvalue weighted by atomic mass is 10.1. The second kappa shape index (κ2) is 9.57. The fourth-order valence-corrected chi connectivity index (χ4v) is 4.26. The number of hydrogen-bond acceptors (Lipinski definition) is 4. The summed E-state index contributed by atoms with van der Waals surface area (Å²) >= 11 is 6.23. The molecule has 0 radical (unpaired) electrons. The number of nitrogens with one attached hydrogen (secondary N) is 1. The van der Waals surface area contributed by atoms with Gasteiger partial charge >= 0.3 is 0 Å².